The van der Waals surface area contributed by atoms with Crippen molar-refractivity contribution in [3.05, 3.63) is 47.0 Å². The molecule has 0 bridgehead atoms. The second-order valence-corrected chi connectivity index (χ2v) is 5.66. The Morgan fingerprint density at radius 3 is 3.06 bits per heavy atom. The molecule has 0 aliphatic carbocycles. The third-order valence-corrected chi connectivity index (χ3v) is 3.74. The maximum absolute atomic E-state index is 3.70. The molecule has 0 fully saturated rings. The van der Waals surface area contributed by atoms with Crippen LogP contribution in [-0.2, 0) is 0 Å². The van der Waals surface area contributed by atoms with Crippen LogP contribution in [0.4, 0.5) is 0 Å². The van der Waals surface area contributed by atoms with Crippen molar-refractivity contribution in [2.45, 2.75) is 13.0 Å². The van der Waals surface area contributed by atoms with Crippen molar-refractivity contribution in [2.75, 3.05) is 18.1 Å². The molecule has 0 aliphatic rings. The largest absolute Gasteiger partial charge is 0.309 e. The molecule has 3 heteroatoms. The first kappa shape index (κ1) is 13.8. The number of halogens is 1. The number of benzene rings is 1. The minimum atomic E-state index is 0.404. The van der Waals surface area contributed by atoms with Crippen molar-refractivity contribution >= 4 is 27.7 Å². The lowest BCUT2D eigenvalue weighted by Gasteiger charge is -2.14. The van der Waals surface area contributed by atoms with Gasteiger partial charge in [0.15, 0.2) is 0 Å². The monoisotopic (exact) mass is 299 g/mol. The molecule has 0 amide bonds. The second kappa shape index (κ2) is 7.93. The van der Waals surface area contributed by atoms with Crippen LogP contribution in [0, 0.1) is 0 Å². The van der Waals surface area contributed by atoms with Crippen molar-refractivity contribution < 1.29 is 0 Å². The standard InChI is InChI=1S/C13H18BrNS/c1-3-8-16-9-7-15-11(2)12-5-4-6-13(14)10-12/h3-6,10-11,15H,1,7-9H2,2H3. The van der Waals surface area contributed by atoms with Gasteiger partial charge in [0.25, 0.3) is 0 Å². The summed E-state index contributed by atoms with van der Waals surface area (Å²) in [5, 5.41) is 3.51. The van der Waals surface area contributed by atoms with E-state index in [0.717, 1.165) is 22.5 Å². The molecule has 0 saturated carbocycles. The molecule has 0 aromatic heterocycles. The van der Waals surface area contributed by atoms with Crippen molar-refractivity contribution in [1.82, 2.24) is 5.32 Å². The van der Waals surface area contributed by atoms with Gasteiger partial charge in [-0.2, -0.15) is 11.8 Å². The second-order valence-electron chi connectivity index (χ2n) is 3.59. The van der Waals surface area contributed by atoms with E-state index in [-0.39, 0.29) is 0 Å². The lowest BCUT2D eigenvalue weighted by molar-refractivity contribution is 0.601. The molecule has 0 spiro atoms. The first-order chi connectivity index (χ1) is 7.74. The fraction of sp³-hybridized carbons (Fsp3) is 0.385. The molecule has 1 nitrogen and oxygen atoms in total. The minimum Gasteiger partial charge on any atom is -0.309 e. The molecule has 1 aromatic carbocycles. The summed E-state index contributed by atoms with van der Waals surface area (Å²) in [4.78, 5) is 0. The molecular formula is C13H18BrNS. The van der Waals surface area contributed by atoms with E-state index in [1.807, 2.05) is 17.8 Å². The molecule has 1 N–H and O–H groups in total. The van der Waals surface area contributed by atoms with Gasteiger partial charge in [-0.05, 0) is 24.6 Å². The van der Waals surface area contributed by atoms with E-state index in [9.17, 15) is 0 Å². The number of hydrogen-bond acceptors (Lipinski definition) is 2. The van der Waals surface area contributed by atoms with E-state index < -0.39 is 0 Å². The maximum atomic E-state index is 3.70. The quantitative estimate of drug-likeness (QED) is 0.603. The Kier molecular flexibility index (Phi) is 6.85. The fourth-order valence-electron chi connectivity index (χ4n) is 1.41. The minimum absolute atomic E-state index is 0.404. The Morgan fingerprint density at radius 1 is 1.56 bits per heavy atom. The molecule has 1 aromatic rings. The maximum Gasteiger partial charge on any atom is 0.0292 e. The van der Waals surface area contributed by atoms with Gasteiger partial charge < -0.3 is 5.32 Å². The van der Waals surface area contributed by atoms with Gasteiger partial charge in [0.05, 0.1) is 0 Å². The van der Waals surface area contributed by atoms with Crippen molar-refractivity contribution in [2.24, 2.45) is 0 Å². The van der Waals surface area contributed by atoms with Crippen LogP contribution in [-0.4, -0.2) is 18.1 Å². The summed E-state index contributed by atoms with van der Waals surface area (Å²) >= 11 is 5.39. The molecule has 1 atom stereocenters. The molecule has 0 heterocycles. The smallest absolute Gasteiger partial charge is 0.0292 e. The lowest BCUT2D eigenvalue weighted by atomic mass is 10.1. The molecule has 16 heavy (non-hydrogen) atoms. The average molecular weight is 300 g/mol. The van der Waals surface area contributed by atoms with E-state index in [0.29, 0.717) is 6.04 Å². The summed E-state index contributed by atoms with van der Waals surface area (Å²) in [6.07, 6.45) is 1.95. The summed E-state index contributed by atoms with van der Waals surface area (Å²) < 4.78 is 1.14. The van der Waals surface area contributed by atoms with Gasteiger partial charge >= 0.3 is 0 Å². The van der Waals surface area contributed by atoms with Crippen LogP contribution in [0.1, 0.15) is 18.5 Å². The van der Waals surface area contributed by atoms with Crippen molar-refractivity contribution in [1.29, 1.82) is 0 Å². The van der Waals surface area contributed by atoms with Crippen LogP contribution >= 0.6 is 27.7 Å². The Morgan fingerprint density at radius 2 is 2.38 bits per heavy atom. The predicted octanol–water partition coefficient (Wildman–Crippen LogP) is 4.02. The molecule has 0 aliphatic heterocycles. The first-order valence-corrected chi connectivity index (χ1v) is 7.36. The van der Waals surface area contributed by atoms with E-state index in [4.69, 9.17) is 0 Å². The van der Waals surface area contributed by atoms with Gasteiger partial charge in [0.2, 0.25) is 0 Å². The van der Waals surface area contributed by atoms with Gasteiger partial charge in [-0.15, -0.1) is 6.58 Å². The van der Waals surface area contributed by atoms with Crippen molar-refractivity contribution in [3.8, 4) is 0 Å². The van der Waals surface area contributed by atoms with Gasteiger partial charge in [-0.1, -0.05) is 34.1 Å². The molecular weight excluding hydrogens is 282 g/mol. The lowest BCUT2D eigenvalue weighted by Crippen LogP contribution is -2.21. The van der Waals surface area contributed by atoms with Crippen LogP contribution < -0.4 is 5.32 Å². The van der Waals surface area contributed by atoms with E-state index in [2.05, 4.69) is 59.0 Å². The van der Waals surface area contributed by atoms with Gasteiger partial charge in [-0.25, -0.2) is 0 Å². The van der Waals surface area contributed by atoms with Gasteiger partial charge in [0.1, 0.15) is 0 Å². The highest BCUT2D eigenvalue weighted by Gasteiger charge is 2.03. The zero-order valence-corrected chi connectivity index (χ0v) is 12.0. The highest BCUT2D eigenvalue weighted by molar-refractivity contribution is 9.10. The van der Waals surface area contributed by atoms with Crippen LogP contribution in [0.3, 0.4) is 0 Å². The fourth-order valence-corrected chi connectivity index (χ4v) is 2.42. The molecule has 1 rings (SSSR count). The highest BCUT2D eigenvalue weighted by atomic mass is 79.9. The molecule has 0 saturated heterocycles. The Labute approximate surface area is 111 Å². The third kappa shape index (κ3) is 5.19. The summed E-state index contributed by atoms with van der Waals surface area (Å²) in [6, 6.07) is 8.84. The zero-order chi connectivity index (χ0) is 11.8. The average Bonchev–Trinajstić information content (AvgIpc) is 2.28. The summed E-state index contributed by atoms with van der Waals surface area (Å²) in [5.41, 5.74) is 1.32. The van der Waals surface area contributed by atoms with Crippen LogP contribution in [0.15, 0.2) is 41.4 Å². The van der Waals surface area contributed by atoms with Crippen LogP contribution in [0.25, 0.3) is 0 Å². The number of nitrogens with one attached hydrogen (secondary N) is 1. The topological polar surface area (TPSA) is 12.0 Å². The first-order valence-electron chi connectivity index (χ1n) is 5.41. The van der Waals surface area contributed by atoms with E-state index in [1.54, 1.807) is 0 Å². The Balaban J connectivity index is 2.29. The summed E-state index contributed by atoms with van der Waals surface area (Å²) in [5.74, 6) is 2.16. The third-order valence-electron chi connectivity index (χ3n) is 2.28. The summed E-state index contributed by atoms with van der Waals surface area (Å²) in [6.45, 7) is 6.93. The molecule has 88 valence electrons. The number of thioether (sulfide) groups is 1. The van der Waals surface area contributed by atoms with Crippen LogP contribution in [0.2, 0.25) is 0 Å². The normalized spacial score (nSPS) is 12.4. The Hall–Kier alpha value is -0.250. The Bertz CT molecular complexity index is 327. The number of rotatable bonds is 7. The van der Waals surface area contributed by atoms with E-state index in [1.165, 1.54) is 5.56 Å². The summed E-state index contributed by atoms with van der Waals surface area (Å²) in [7, 11) is 0. The number of hydrogen-bond donors (Lipinski definition) is 1. The molecule has 0 radical (unpaired) electrons. The predicted molar refractivity (Wildman–Crippen MR) is 78.1 cm³/mol. The van der Waals surface area contributed by atoms with E-state index >= 15 is 0 Å². The van der Waals surface area contributed by atoms with Gasteiger partial charge in [-0.3, -0.25) is 0 Å². The van der Waals surface area contributed by atoms with Crippen LogP contribution in [0.5, 0.6) is 0 Å². The SMILES string of the molecule is C=CCSCCNC(C)c1cccc(Br)c1. The highest BCUT2D eigenvalue weighted by Crippen LogP contribution is 2.17. The van der Waals surface area contributed by atoms with Crippen molar-refractivity contribution in [3.63, 3.8) is 0 Å². The molecule has 1 unspecified atom stereocenters. The zero-order valence-electron chi connectivity index (χ0n) is 9.58. The van der Waals surface area contributed by atoms with Gasteiger partial charge in [0, 0.05) is 28.6 Å².